The molecule has 0 spiro atoms. The van der Waals surface area contributed by atoms with Crippen LogP contribution in [0.15, 0.2) is 48.7 Å². The molecular formula is C24H20F3N3O2. The summed E-state index contributed by atoms with van der Waals surface area (Å²) in [7, 11) is 0. The van der Waals surface area contributed by atoms with Crippen LogP contribution in [0.1, 0.15) is 36.3 Å². The van der Waals surface area contributed by atoms with Gasteiger partial charge in [0, 0.05) is 17.1 Å². The van der Waals surface area contributed by atoms with E-state index >= 15 is 0 Å². The van der Waals surface area contributed by atoms with Crippen LogP contribution in [0, 0.1) is 23.2 Å². The van der Waals surface area contributed by atoms with E-state index in [1.165, 1.54) is 0 Å². The van der Waals surface area contributed by atoms with E-state index in [0.717, 1.165) is 41.4 Å². The van der Waals surface area contributed by atoms with Crippen molar-refractivity contribution in [2.75, 3.05) is 5.32 Å². The summed E-state index contributed by atoms with van der Waals surface area (Å²) in [5.41, 5.74) is 1.76. The van der Waals surface area contributed by atoms with Crippen molar-refractivity contribution in [3.63, 3.8) is 0 Å². The van der Waals surface area contributed by atoms with Gasteiger partial charge in [0.15, 0.2) is 0 Å². The van der Waals surface area contributed by atoms with Gasteiger partial charge in [-0.1, -0.05) is 12.1 Å². The highest BCUT2D eigenvalue weighted by Crippen LogP contribution is 2.41. The van der Waals surface area contributed by atoms with E-state index < -0.39 is 11.7 Å². The summed E-state index contributed by atoms with van der Waals surface area (Å²) in [4.78, 5) is 15.4. The van der Waals surface area contributed by atoms with Crippen LogP contribution in [-0.4, -0.2) is 17.0 Å². The molecule has 0 bridgehead atoms. The van der Waals surface area contributed by atoms with E-state index in [-0.39, 0.29) is 29.8 Å². The number of fused-ring (bicyclic) bond motifs is 1. The molecule has 0 saturated heterocycles. The molecule has 0 radical (unpaired) electrons. The highest BCUT2D eigenvalue weighted by molar-refractivity contribution is 6.03. The molecule has 2 aliphatic carbocycles. The van der Waals surface area contributed by atoms with Crippen molar-refractivity contribution in [2.24, 2.45) is 11.8 Å². The molecule has 2 aromatic carbocycles. The highest BCUT2D eigenvalue weighted by Gasteiger charge is 2.43. The van der Waals surface area contributed by atoms with E-state index in [1.54, 1.807) is 18.3 Å². The Labute approximate surface area is 182 Å². The Morgan fingerprint density at radius 1 is 1.12 bits per heavy atom. The largest absolute Gasteiger partial charge is 0.490 e. The minimum atomic E-state index is -4.32. The third-order valence-electron chi connectivity index (χ3n) is 6.31. The normalized spacial score (nSPS) is 24.4. The van der Waals surface area contributed by atoms with Crippen LogP contribution in [0.4, 0.5) is 18.9 Å². The van der Waals surface area contributed by atoms with E-state index in [0.29, 0.717) is 17.9 Å². The summed E-state index contributed by atoms with van der Waals surface area (Å²) in [5.74, 6) is 0.253. The van der Waals surface area contributed by atoms with Gasteiger partial charge in [0.1, 0.15) is 5.75 Å². The van der Waals surface area contributed by atoms with E-state index in [1.807, 2.05) is 18.2 Å². The Kier molecular flexibility index (Phi) is 4.85. The number of anilines is 1. The molecule has 1 amide bonds. The van der Waals surface area contributed by atoms with Gasteiger partial charge in [-0.2, -0.15) is 18.4 Å². The lowest BCUT2D eigenvalue weighted by Gasteiger charge is -2.35. The molecule has 32 heavy (non-hydrogen) atoms. The summed E-state index contributed by atoms with van der Waals surface area (Å²) in [5, 5.41) is 12.6. The van der Waals surface area contributed by atoms with Crippen molar-refractivity contribution in [3.05, 3.63) is 59.8 Å². The van der Waals surface area contributed by atoms with Gasteiger partial charge in [0.25, 0.3) is 0 Å². The number of alkyl halides is 3. The Morgan fingerprint density at radius 3 is 2.53 bits per heavy atom. The van der Waals surface area contributed by atoms with E-state index in [9.17, 15) is 18.0 Å². The molecular weight excluding hydrogens is 419 g/mol. The van der Waals surface area contributed by atoms with Gasteiger partial charge in [-0.05, 0) is 61.1 Å². The number of H-pyrrole nitrogens is 1. The Hall–Kier alpha value is -3.47. The number of rotatable bonds is 5. The van der Waals surface area contributed by atoms with Gasteiger partial charge in [-0.15, -0.1) is 0 Å². The van der Waals surface area contributed by atoms with Crippen LogP contribution in [0.25, 0.3) is 10.9 Å². The fraction of sp³-hybridized carbons (Fsp3) is 0.333. The number of hydrogen-bond donors (Lipinski definition) is 2. The number of hydrogen-bond acceptors (Lipinski definition) is 3. The van der Waals surface area contributed by atoms with Crippen LogP contribution in [-0.2, 0) is 11.0 Å². The number of carbonyl (C=O) groups is 1. The maximum Gasteiger partial charge on any atom is 0.416 e. The van der Waals surface area contributed by atoms with Crippen molar-refractivity contribution in [1.82, 2.24) is 4.98 Å². The number of carbonyl (C=O) groups excluding carboxylic acids is 1. The third-order valence-corrected chi connectivity index (χ3v) is 6.31. The highest BCUT2D eigenvalue weighted by atomic mass is 19.4. The first kappa shape index (κ1) is 20.4. The molecule has 2 atom stereocenters. The number of nitrogens with zero attached hydrogens (tertiary/aromatic N) is 1. The second kappa shape index (κ2) is 7.59. The average Bonchev–Trinajstić information content (AvgIpc) is 3.44. The minimum Gasteiger partial charge on any atom is -0.490 e. The van der Waals surface area contributed by atoms with E-state index in [4.69, 9.17) is 10.00 Å². The number of benzene rings is 2. The van der Waals surface area contributed by atoms with Crippen molar-refractivity contribution in [1.29, 1.82) is 5.26 Å². The monoisotopic (exact) mass is 439 g/mol. The smallest absolute Gasteiger partial charge is 0.416 e. The standard InChI is InChI=1S/C24H20F3N3O2/c25-24(26,27)16-3-1-13(2-4-16)14-7-18(8-14)32-17-5-6-21-20(10-17)22(12-29-21)30-23(31)19-9-15(19)11-28/h1-6,10,12,14-15,18-19,29H,7-9H2,(H,30,31). The summed E-state index contributed by atoms with van der Waals surface area (Å²) in [6, 6.07) is 13.0. The first-order valence-electron chi connectivity index (χ1n) is 10.5. The molecule has 5 rings (SSSR count). The molecule has 2 N–H and O–H groups in total. The zero-order valence-electron chi connectivity index (χ0n) is 16.9. The van der Waals surface area contributed by atoms with Crippen LogP contribution in [0.2, 0.25) is 0 Å². The number of amides is 1. The summed E-state index contributed by atoms with van der Waals surface area (Å²) in [6.07, 6.45) is -0.551. The summed E-state index contributed by atoms with van der Waals surface area (Å²) in [6.45, 7) is 0. The summed E-state index contributed by atoms with van der Waals surface area (Å²) >= 11 is 0. The number of aromatic amines is 1. The van der Waals surface area contributed by atoms with Gasteiger partial charge in [0.05, 0.1) is 35.3 Å². The first-order valence-corrected chi connectivity index (χ1v) is 10.5. The first-order chi connectivity index (χ1) is 15.3. The molecule has 2 unspecified atom stereocenters. The molecule has 5 nitrogen and oxygen atoms in total. The van der Waals surface area contributed by atoms with Crippen LogP contribution in [0.5, 0.6) is 5.75 Å². The Morgan fingerprint density at radius 2 is 1.88 bits per heavy atom. The molecule has 2 fully saturated rings. The zero-order chi connectivity index (χ0) is 22.5. The van der Waals surface area contributed by atoms with Gasteiger partial charge in [-0.25, -0.2) is 0 Å². The number of aromatic nitrogens is 1. The van der Waals surface area contributed by atoms with Crippen LogP contribution >= 0.6 is 0 Å². The van der Waals surface area contributed by atoms with Gasteiger partial charge in [-0.3, -0.25) is 4.79 Å². The predicted molar refractivity (Wildman–Crippen MR) is 112 cm³/mol. The minimum absolute atomic E-state index is 0.0143. The molecule has 164 valence electrons. The predicted octanol–water partition coefficient (Wildman–Crippen LogP) is 5.61. The number of ether oxygens (including phenoxy) is 1. The second-order valence-electron chi connectivity index (χ2n) is 8.50. The van der Waals surface area contributed by atoms with Crippen molar-refractivity contribution < 1.29 is 22.7 Å². The van der Waals surface area contributed by atoms with Crippen LogP contribution in [0.3, 0.4) is 0 Å². The lowest BCUT2D eigenvalue weighted by atomic mass is 9.77. The van der Waals surface area contributed by atoms with Crippen LogP contribution < -0.4 is 10.1 Å². The second-order valence-corrected chi connectivity index (χ2v) is 8.50. The molecule has 3 aromatic rings. The lowest BCUT2D eigenvalue weighted by molar-refractivity contribution is -0.137. The fourth-order valence-corrected chi connectivity index (χ4v) is 4.20. The number of nitrogens with one attached hydrogen (secondary N) is 2. The molecule has 0 aliphatic heterocycles. The topological polar surface area (TPSA) is 77.9 Å². The zero-order valence-corrected chi connectivity index (χ0v) is 16.9. The maximum atomic E-state index is 12.7. The molecule has 2 aliphatic rings. The van der Waals surface area contributed by atoms with Crippen molar-refractivity contribution in [2.45, 2.75) is 37.5 Å². The van der Waals surface area contributed by atoms with Gasteiger partial charge in [0.2, 0.25) is 5.91 Å². The Bertz CT molecular complexity index is 1200. The quantitative estimate of drug-likeness (QED) is 0.542. The van der Waals surface area contributed by atoms with Crippen molar-refractivity contribution >= 4 is 22.5 Å². The fourth-order valence-electron chi connectivity index (χ4n) is 4.20. The lowest BCUT2D eigenvalue weighted by Crippen LogP contribution is -2.32. The summed E-state index contributed by atoms with van der Waals surface area (Å²) < 4.78 is 44.2. The number of halogens is 3. The molecule has 8 heteroatoms. The van der Waals surface area contributed by atoms with Gasteiger partial charge >= 0.3 is 6.18 Å². The van der Waals surface area contributed by atoms with Crippen molar-refractivity contribution in [3.8, 4) is 11.8 Å². The average molecular weight is 439 g/mol. The molecule has 1 aromatic heterocycles. The molecule has 1 heterocycles. The van der Waals surface area contributed by atoms with Gasteiger partial charge < -0.3 is 15.0 Å². The maximum absolute atomic E-state index is 12.7. The van der Waals surface area contributed by atoms with E-state index in [2.05, 4.69) is 16.4 Å². The molecule has 2 saturated carbocycles. The number of nitriles is 1. The SMILES string of the molecule is N#CC1CC1C(=O)Nc1c[nH]c2ccc(OC3CC(c4ccc(C(F)(F)F)cc4)C3)cc12. The Balaban J connectivity index is 1.21. The third kappa shape index (κ3) is 3.91.